The number of ether oxygens (including phenoxy) is 2. The Morgan fingerprint density at radius 3 is 2.72 bits per heavy atom. The summed E-state index contributed by atoms with van der Waals surface area (Å²) in [5.41, 5.74) is 5.83. The van der Waals surface area contributed by atoms with Crippen LogP contribution in [0.15, 0.2) is 0 Å². The Morgan fingerprint density at radius 2 is 2.06 bits per heavy atom. The van der Waals surface area contributed by atoms with Crippen LogP contribution in [-0.4, -0.2) is 58.0 Å². The van der Waals surface area contributed by atoms with Gasteiger partial charge in [-0.05, 0) is 37.8 Å². The molecule has 4 heteroatoms. The number of nitrogens with two attached hydrogens (primary N) is 1. The van der Waals surface area contributed by atoms with Crippen LogP contribution in [0.1, 0.15) is 26.2 Å². The van der Waals surface area contributed by atoms with Crippen molar-refractivity contribution in [3.05, 3.63) is 0 Å². The lowest BCUT2D eigenvalue weighted by molar-refractivity contribution is 0.0584. The molecule has 2 atom stereocenters. The van der Waals surface area contributed by atoms with Gasteiger partial charge >= 0.3 is 0 Å². The number of likely N-dealkylation sites (tertiary alicyclic amines) is 1. The van der Waals surface area contributed by atoms with Crippen LogP contribution in [0, 0.1) is 11.8 Å². The largest absolute Gasteiger partial charge is 0.385 e. The number of hydrogen-bond donors (Lipinski definition) is 1. The van der Waals surface area contributed by atoms with Crippen molar-refractivity contribution in [1.29, 1.82) is 0 Å². The molecule has 1 aliphatic rings. The van der Waals surface area contributed by atoms with E-state index in [2.05, 4.69) is 11.8 Å². The molecule has 4 nitrogen and oxygen atoms in total. The van der Waals surface area contributed by atoms with Crippen molar-refractivity contribution in [2.75, 3.05) is 53.1 Å². The summed E-state index contributed by atoms with van der Waals surface area (Å²) in [5.74, 6) is 1.51. The van der Waals surface area contributed by atoms with Gasteiger partial charge in [-0.15, -0.1) is 0 Å². The van der Waals surface area contributed by atoms with Crippen molar-refractivity contribution in [3.8, 4) is 0 Å². The molecular formula is C14H30N2O2. The summed E-state index contributed by atoms with van der Waals surface area (Å²) >= 11 is 0. The molecule has 18 heavy (non-hydrogen) atoms. The topological polar surface area (TPSA) is 47.7 Å². The van der Waals surface area contributed by atoms with Gasteiger partial charge < -0.3 is 20.1 Å². The van der Waals surface area contributed by atoms with Crippen molar-refractivity contribution in [2.45, 2.75) is 26.2 Å². The molecule has 2 unspecified atom stereocenters. The molecule has 0 aromatic carbocycles. The second-order valence-electron chi connectivity index (χ2n) is 5.21. The van der Waals surface area contributed by atoms with Crippen LogP contribution in [0.4, 0.5) is 0 Å². The van der Waals surface area contributed by atoms with Gasteiger partial charge in [0, 0.05) is 33.4 Å². The lowest BCUT2D eigenvalue weighted by Gasteiger charge is -2.37. The summed E-state index contributed by atoms with van der Waals surface area (Å²) in [6.45, 7) is 9.00. The molecule has 0 aliphatic carbocycles. The standard InChI is InChI=1S/C14H30N2O2/c1-3-13-12-16(6-5-14(13)11-15)7-10-18-9-4-8-17-2/h13-14H,3-12,15H2,1-2H3. The third-order valence-corrected chi connectivity index (χ3v) is 3.99. The first-order chi connectivity index (χ1) is 8.81. The van der Waals surface area contributed by atoms with E-state index in [9.17, 15) is 0 Å². The fraction of sp³-hybridized carbons (Fsp3) is 1.00. The fourth-order valence-electron chi connectivity index (χ4n) is 2.73. The zero-order valence-electron chi connectivity index (χ0n) is 12.1. The smallest absolute Gasteiger partial charge is 0.0593 e. The molecule has 0 radical (unpaired) electrons. The number of methoxy groups -OCH3 is 1. The Morgan fingerprint density at radius 1 is 1.22 bits per heavy atom. The molecular weight excluding hydrogens is 228 g/mol. The first-order valence-electron chi connectivity index (χ1n) is 7.30. The van der Waals surface area contributed by atoms with E-state index >= 15 is 0 Å². The van der Waals surface area contributed by atoms with E-state index < -0.39 is 0 Å². The van der Waals surface area contributed by atoms with Gasteiger partial charge in [-0.3, -0.25) is 0 Å². The molecule has 0 amide bonds. The maximum atomic E-state index is 5.83. The highest BCUT2D eigenvalue weighted by molar-refractivity contribution is 4.80. The molecule has 0 aromatic rings. The van der Waals surface area contributed by atoms with Gasteiger partial charge in [-0.2, -0.15) is 0 Å². The summed E-state index contributed by atoms with van der Waals surface area (Å²) in [5, 5.41) is 0. The number of piperidine rings is 1. The highest BCUT2D eigenvalue weighted by Gasteiger charge is 2.26. The summed E-state index contributed by atoms with van der Waals surface area (Å²) in [6, 6.07) is 0. The number of rotatable bonds is 9. The monoisotopic (exact) mass is 258 g/mol. The molecule has 0 bridgehead atoms. The van der Waals surface area contributed by atoms with Gasteiger partial charge in [-0.1, -0.05) is 13.3 Å². The van der Waals surface area contributed by atoms with Crippen LogP contribution >= 0.6 is 0 Å². The van der Waals surface area contributed by atoms with Crippen molar-refractivity contribution in [2.24, 2.45) is 17.6 Å². The molecule has 108 valence electrons. The van der Waals surface area contributed by atoms with Crippen LogP contribution in [0.25, 0.3) is 0 Å². The molecule has 1 saturated heterocycles. The van der Waals surface area contributed by atoms with Crippen LogP contribution in [-0.2, 0) is 9.47 Å². The summed E-state index contributed by atoms with van der Waals surface area (Å²) in [7, 11) is 1.73. The fourth-order valence-corrected chi connectivity index (χ4v) is 2.73. The van der Waals surface area contributed by atoms with Crippen LogP contribution in [0.5, 0.6) is 0 Å². The third-order valence-electron chi connectivity index (χ3n) is 3.99. The molecule has 0 spiro atoms. The number of nitrogens with zero attached hydrogens (tertiary/aromatic N) is 1. The Hall–Kier alpha value is -0.160. The van der Waals surface area contributed by atoms with E-state index in [4.69, 9.17) is 15.2 Å². The van der Waals surface area contributed by atoms with Gasteiger partial charge in [0.25, 0.3) is 0 Å². The Labute approximate surface area is 112 Å². The van der Waals surface area contributed by atoms with Gasteiger partial charge in [0.05, 0.1) is 6.61 Å². The second-order valence-corrected chi connectivity index (χ2v) is 5.21. The predicted molar refractivity (Wildman–Crippen MR) is 74.7 cm³/mol. The van der Waals surface area contributed by atoms with Crippen LogP contribution < -0.4 is 5.73 Å². The van der Waals surface area contributed by atoms with Gasteiger partial charge in [0.2, 0.25) is 0 Å². The van der Waals surface area contributed by atoms with E-state index in [1.807, 2.05) is 0 Å². The van der Waals surface area contributed by atoms with Crippen LogP contribution in [0.3, 0.4) is 0 Å². The van der Waals surface area contributed by atoms with E-state index in [0.29, 0.717) is 0 Å². The molecule has 1 fully saturated rings. The Balaban J connectivity index is 2.08. The average Bonchev–Trinajstić information content (AvgIpc) is 2.42. The Kier molecular flexibility index (Phi) is 8.59. The molecule has 0 saturated carbocycles. The van der Waals surface area contributed by atoms with E-state index in [1.54, 1.807) is 7.11 Å². The molecule has 0 aromatic heterocycles. The van der Waals surface area contributed by atoms with Crippen LogP contribution in [0.2, 0.25) is 0 Å². The van der Waals surface area contributed by atoms with Gasteiger partial charge in [0.1, 0.15) is 0 Å². The second kappa shape index (κ2) is 9.73. The first-order valence-corrected chi connectivity index (χ1v) is 7.30. The highest BCUT2D eigenvalue weighted by Crippen LogP contribution is 2.24. The van der Waals surface area contributed by atoms with Crippen molar-refractivity contribution in [1.82, 2.24) is 4.90 Å². The normalized spacial score (nSPS) is 25.5. The lowest BCUT2D eigenvalue weighted by atomic mass is 9.84. The van der Waals surface area contributed by atoms with E-state index in [-0.39, 0.29) is 0 Å². The summed E-state index contributed by atoms with van der Waals surface area (Å²) < 4.78 is 10.6. The maximum absolute atomic E-state index is 5.83. The third kappa shape index (κ3) is 5.65. The quantitative estimate of drug-likeness (QED) is 0.634. The Bertz CT molecular complexity index is 202. The zero-order valence-corrected chi connectivity index (χ0v) is 12.1. The highest BCUT2D eigenvalue weighted by atomic mass is 16.5. The molecule has 1 aliphatic heterocycles. The lowest BCUT2D eigenvalue weighted by Crippen LogP contribution is -2.43. The van der Waals surface area contributed by atoms with Gasteiger partial charge in [-0.25, -0.2) is 0 Å². The predicted octanol–water partition coefficient (Wildman–Crippen LogP) is 1.35. The van der Waals surface area contributed by atoms with E-state index in [0.717, 1.165) is 51.2 Å². The minimum absolute atomic E-state index is 0.730. The first kappa shape index (κ1) is 15.9. The summed E-state index contributed by atoms with van der Waals surface area (Å²) in [6.07, 6.45) is 3.48. The molecule has 2 N–H and O–H groups in total. The minimum atomic E-state index is 0.730. The average molecular weight is 258 g/mol. The molecule has 1 rings (SSSR count). The maximum Gasteiger partial charge on any atom is 0.0593 e. The van der Waals surface area contributed by atoms with Gasteiger partial charge in [0.15, 0.2) is 0 Å². The summed E-state index contributed by atoms with van der Waals surface area (Å²) in [4.78, 5) is 2.52. The van der Waals surface area contributed by atoms with Crippen molar-refractivity contribution in [3.63, 3.8) is 0 Å². The van der Waals surface area contributed by atoms with E-state index in [1.165, 1.54) is 25.9 Å². The van der Waals surface area contributed by atoms with Crippen molar-refractivity contribution < 1.29 is 9.47 Å². The minimum Gasteiger partial charge on any atom is -0.385 e. The SMILES string of the molecule is CCC1CN(CCOCCCOC)CCC1CN. The van der Waals surface area contributed by atoms with Crippen molar-refractivity contribution >= 4 is 0 Å². The zero-order chi connectivity index (χ0) is 13.2. The number of hydrogen-bond acceptors (Lipinski definition) is 4. The molecule has 1 heterocycles.